The minimum absolute atomic E-state index is 0.110. The number of ether oxygens (including phenoxy) is 2. The molecule has 118 valence electrons. The van der Waals surface area contributed by atoms with Crippen molar-refractivity contribution in [3.05, 3.63) is 23.8 Å². The van der Waals surface area contributed by atoms with E-state index in [4.69, 9.17) is 9.47 Å². The summed E-state index contributed by atoms with van der Waals surface area (Å²) in [6, 6.07) is 5.61. The van der Waals surface area contributed by atoms with Crippen LogP contribution in [-0.2, 0) is 11.3 Å². The van der Waals surface area contributed by atoms with Crippen LogP contribution in [0.5, 0.6) is 11.5 Å². The predicted octanol–water partition coefficient (Wildman–Crippen LogP) is 2.10. The van der Waals surface area contributed by atoms with E-state index in [0.717, 1.165) is 24.3 Å². The van der Waals surface area contributed by atoms with Gasteiger partial charge in [0.2, 0.25) is 0 Å². The summed E-state index contributed by atoms with van der Waals surface area (Å²) in [7, 11) is 1.64. The Labute approximate surface area is 127 Å². The summed E-state index contributed by atoms with van der Waals surface area (Å²) < 4.78 is 11.0. The number of rotatable bonds is 9. The van der Waals surface area contributed by atoms with Crippen LogP contribution in [0, 0.1) is 0 Å². The minimum atomic E-state index is -0.525. The molecule has 1 amide bonds. The predicted molar refractivity (Wildman–Crippen MR) is 83.8 cm³/mol. The largest absolute Gasteiger partial charge is 0.497 e. The first-order chi connectivity index (χ1) is 10.1. The molecule has 1 atom stereocenters. The van der Waals surface area contributed by atoms with Crippen LogP contribution in [0.3, 0.4) is 0 Å². The van der Waals surface area contributed by atoms with Crippen molar-refractivity contribution >= 4 is 5.91 Å². The Balaban J connectivity index is 2.81. The maximum absolute atomic E-state index is 11.8. The molecule has 0 aliphatic heterocycles. The lowest BCUT2D eigenvalue weighted by Gasteiger charge is -2.18. The molecule has 1 rings (SSSR count). The molecule has 1 unspecified atom stereocenters. The normalized spacial score (nSPS) is 11.8. The first kappa shape index (κ1) is 17.3. The van der Waals surface area contributed by atoms with E-state index in [0.29, 0.717) is 18.8 Å². The zero-order valence-electron chi connectivity index (χ0n) is 13.4. The third kappa shape index (κ3) is 5.63. The highest BCUT2D eigenvalue weighted by Crippen LogP contribution is 2.25. The Kier molecular flexibility index (Phi) is 7.61. The van der Waals surface area contributed by atoms with Crippen molar-refractivity contribution in [3.63, 3.8) is 0 Å². The number of likely N-dealkylation sites (N-methyl/N-ethyl adjacent to an activating group) is 1. The van der Waals surface area contributed by atoms with Crippen molar-refractivity contribution in [2.75, 3.05) is 20.2 Å². The molecule has 0 heterocycles. The van der Waals surface area contributed by atoms with Gasteiger partial charge in [-0.3, -0.25) is 4.79 Å². The SMILES string of the molecule is CCCNCc1cc(OC)ccc1OC(C)C(=O)NCC. The minimum Gasteiger partial charge on any atom is -0.497 e. The van der Waals surface area contributed by atoms with Gasteiger partial charge in [0.25, 0.3) is 5.91 Å². The molecule has 2 N–H and O–H groups in total. The van der Waals surface area contributed by atoms with Crippen molar-refractivity contribution in [1.29, 1.82) is 0 Å². The lowest BCUT2D eigenvalue weighted by molar-refractivity contribution is -0.127. The lowest BCUT2D eigenvalue weighted by Crippen LogP contribution is -2.36. The van der Waals surface area contributed by atoms with Crippen LogP contribution in [0.2, 0.25) is 0 Å². The smallest absolute Gasteiger partial charge is 0.260 e. The fourth-order valence-electron chi connectivity index (χ4n) is 1.90. The summed E-state index contributed by atoms with van der Waals surface area (Å²) in [6.45, 7) is 7.97. The molecule has 5 nitrogen and oxygen atoms in total. The lowest BCUT2D eigenvalue weighted by atomic mass is 10.1. The number of methoxy groups -OCH3 is 1. The van der Waals surface area contributed by atoms with Crippen molar-refractivity contribution in [3.8, 4) is 11.5 Å². The number of carbonyl (C=O) groups excluding carboxylic acids is 1. The summed E-state index contributed by atoms with van der Waals surface area (Å²) in [5.74, 6) is 1.38. The number of nitrogens with one attached hydrogen (secondary N) is 2. The third-order valence-electron chi connectivity index (χ3n) is 3.03. The molecule has 21 heavy (non-hydrogen) atoms. The fourth-order valence-corrected chi connectivity index (χ4v) is 1.90. The Morgan fingerprint density at radius 2 is 2.10 bits per heavy atom. The molecule has 0 aliphatic rings. The van der Waals surface area contributed by atoms with Gasteiger partial charge >= 0.3 is 0 Å². The Bertz CT molecular complexity index is 449. The molecule has 0 spiro atoms. The highest BCUT2D eigenvalue weighted by atomic mass is 16.5. The molecule has 0 aromatic heterocycles. The first-order valence-corrected chi connectivity index (χ1v) is 7.44. The van der Waals surface area contributed by atoms with Gasteiger partial charge in [0, 0.05) is 18.7 Å². The topological polar surface area (TPSA) is 59.6 Å². The number of carbonyl (C=O) groups is 1. The van der Waals surface area contributed by atoms with E-state index in [-0.39, 0.29) is 5.91 Å². The molecule has 1 aromatic rings. The first-order valence-electron chi connectivity index (χ1n) is 7.44. The van der Waals surface area contributed by atoms with Gasteiger partial charge < -0.3 is 20.1 Å². The number of amides is 1. The van der Waals surface area contributed by atoms with E-state index in [9.17, 15) is 4.79 Å². The maximum Gasteiger partial charge on any atom is 0.260 e. The van der Waals surface area contributed by atoms with E-state index in [1.807, 2.05) is 25.1 Å². The molecular formula is C16H26N2O3. The van der Waals surface area contributed by atoms with E-state index in [2.05, 4.69) is 17.6 Å². The van der Waals surface area contributed by atoms with Gasteiger partial charge in [-0.25, -0.2) is 0 Å². The number of benzene rings is 1. The van der Waals surface area contributed by atoms with Crippen LogP contribution in [0.1, 0.15) is 32.8 Å². The highest BCUT2D eigenvalue weighted by Gasteiger charge is 2.15. The third-order valence-corrected chi connectivity index (χ3v) is 3.03. The Hall–Kier alpha value is -1.75. The zero-order valence-corrected chi connectivity index (χ0v) is 13.4. The van der Waals surface area contributed by atoms with Crippen molar-refractivity contribution in [1.82, 2.24) is 10.6 Å². The van der Waals surface area contributed by atoms with Crippen LogP contribution in [0.4, 0.5) is 0 Å². The second-order valence-corrected chi connectivity index (χ2v) is 4.81. The molecule has 1 aromatic carbocycles. The van der Waals surface area contributed by atoms with Crippen molar-refractivity contribution in [2.24, 2.45) is 0 Å². The molecule has 5 heteroatoms. The molecule has 0 radical (unpaired) electrons. The quantitative estimate of drug-likeness (QED) is 0.685. The van der Waals surface area contributed by atoms with Crippen LogP contribution < -0.4 is 20.1 Å². The number of hydrogen-bond donors (Lipinski definition) is 2. The van der Waals surface area contributed by atoms with Gasteiger partial charge in [-0.05, 0) is 45.0 Å². The van der Waals surface area contributed by atoms with Crippen molar-refractivity contribution < 1.29 is 14.3 Å². The van der Waals surface area contributed by atoms with Gasteiger partial charge in [-0.1, -0.05) is 6.92 Å². The molecule has 0 saturated heterocycles. The fraction of sp³-hybridized carbons (Fsp3) is 0.562. The number of hydrogen-bond acceptors (Lipinski definition) is 4. The van der Waals surface area contributed by atoms with Crippen LogP contribution in [-0.4, -0.2) is 32.2 Å². The second-order valence-electron chi connectivity index (χ2n) is 4.81. The van der Waals surface area contributed by atoms with Gasteiger partial charge in [0.1, 0.15) is 11.5 Å². The summed E-state index contributed by atoms with van der Waals surface area (Å²) in [4.78, 5) is 11.8. The van der Waals surface area contributed by atoms with Crippen LogP contribution in [0.15, 0.2) is 18.2 Å². The van der Waals surface area contributed by atoms with Gasteiger partial charge in [-0.15, -0.1) is 0 Å². The van der Waals surface area contributed by atoms with Crippen molar-refractivity contribution in [2.45, 2.75) is 39.8 Å². The van der Waals surface area contributed by atoms with Crippen LogP contribution in [0.25, 0.3) is 0 Å². The zero-order chi connectivity index (χ0) is 15.7. The van der Waals surface area contributed by atoms with Gasteiger partial charge in [0.05, 0.1) is 7.11 Å². The summed E-state index contributed by atoms with van der Waals surface area (Å²) >= 11 is 0. The van der Waals surface area contributed by atoms with E-state index in [1.165, 1.54) is 0 Å². The Morgan fingerprint density at radius 3 is 2.71 bits per heavy atom. The van der Waals surface area contributed by atoms with E-state index in [1.54, 1.807) is 14.0 Å². The summed E-state index contributed by atoms with van der Waals surface area (Å²) in [5, 5.41) is 6.09. The van der Waals surface area contributed by atoms with Crippen LogP contribution >= 0.6 is 0 Å². The van der Waals surface area contributed by atoms with E-state index < -0.39 is 6.10 Å². The van der Waals surface area contributed by atoms with Gasteiger partial charge in [-0.2, -0.15) is 0 Å². The maximum atomic E-state index is 11.8. The van der Waals surface area contributed by atoms with E-state index >= 15 is 0 Å². The molecule has 0 bridgehead atoms. The molecular weight excluding hydrogens is 268 g/mol. The summed E-state index contributed by atoms with van der Waals surface area (Å²) in [5.41, 5.74) is 0.985. The summed E-state index contributed by atoms with van der Waals surface area (Å²) in [6.07, 6.45) is 0.540. The Morgan fingerprint density at radius 1 is 1.33 bits per heavy atom. The standard InChI is InChI=1S/C16H26N2O3/c1-5-9-17-11-13-10-14(20-4)7-8-15(13)21-12(3)16(19)18-6-2/h7-8,10,12,17H,5-6,9,11H2,1-4H3,(H,18,19). The molecule has 0 fully saturated rings. The molecule has 0 aliphatic carbocycles. The average Bonchev–Trinajstić information content (AvgIpc) is 2.49. The second kappa shape index (κ2) is 9.23. The average molecular weight is 294 g/mol. The molecule has 0 saturated carbocycles. The monoisotopic (exact) mass is 294 g/mol. The highest BCUT2D eigenvalue weighted by molar-refractivity contribution is 5.80. The van der Waals surface area contributed by atoms with Gasteiger partial charge in [0.15, 0.2) is 6.10 Å².